The minimum Gasteiger partial charge on any atom is -0.454 e. The summed E-state index contributed by atoms with van der Waals surface area (Å²) < 4.78 is 371. The Morgan fingerprint density at radius 1 is 0.262 bits per heavy atom. The van der Waals surface area contributed by atoms with E-state index >= 15 is 0 Å². The fraction of sp³-hybridized carbons (Fsp3) is 0.333. The molecule has 0 aliphatic rings. The molecule has 0 aromatic heterocycles. The van der Waals surface area contributed by atoms with Crippen LogP contribution in [0, 0.1) is 0 Å². The number of benzene rings is 6. The molecule has 458 valence electrons. The van der Waals surface area contributed by atoms with E-state index in [0.29, 0.717) is 58.1 Å². The summed E-state index contributed by atoms with van der Waals surface area (Å²) in [6.07, 6.45) is -56.8. The Labute approximate surface area is 457 Å². The van der Waals surface area contributed by atoms with Gasteiger partial charge in [0.1, 0.15) is 11.5 Å². The maximum Gasteiger partial charge on any atom is 0.381 e. The summed E-state index contributed by atoms with van der Waals surface area (Å²) in [4.78, 5) is 3.00. The number of rotatable bonds is 27. The van der Waals surface area contributed by atoms with Crippen LogP contribution in [0.3, 0.4) is 0 Å². The Bertz CT molecular complexity index is 2820. The standard InChI is InChI=1S/C54H38F26N2O2/c55-37(41(59)45(63)64)39(57)43(61)49(69,70)53(77,78)51(73,74)47(67)83-35-23-19-33(20-24-35)81(29-7-3-1-4-8-29)31-15-11-27(12-16-31)28-13-17-32(18-14-28)82(30-9-5-2-6-10-30)34-21-25-36(26-22-34)84-48(68)52(75,76)54(79,80)50(71,72)44(62)40(58)38(56)42(60)46(65)66/h1-26,37-48H. The first-order valence-corrected chi connectivity index (χ1v) is 23.7. The maximum absolute atomic E-state index is 14.8. The van der Waals surface area contributed by atoms with Gasteiger partial charge in [-0.3, -0.25) is 0 Å². The fourth-order valence-corrected chi connectivity index (χ4v) is 7.82. The molecular formula is C54H38F26N2O2. The van der Waals surface area contributed by atoms with Gasteiger partial charge < -0.3 is 19.3 Å². The van der Waals surface area contributed by atoms with Crippen molar-refractivity contribution < 1.29 is 124 Å². The normalized spacial score (nSPS) is 16.7. The Balaban J connectivity index is 1.19. The van der Waals surface area contributed by atoms with Crippen LogP contribution in [0.25, 0.3) is 11.1 Å². The first kappa shape index (κ1) is 65.8. The lowest BCUT2D eigenvalue weighted by Gasteiger charge is -2.36. The van der Waals surface area contributed by atoms with Gasteiger partial charge in [0.15, 0.2) is 37.0 Å². The Hall–Kier alpha value is -7.30. The molecule has 10 unspecified atom stereocenters. The quantitative estimate of drug-likeness (QED) is 0.0480. The van der Waals surface area contributed by atoms with Crippen molar-refractivity contribution >= 4 is 34.1 Å². The molecule has 0 bridgehead atoms. The summed E-state index contributed by atoms with van der Waals surface area (Å²) in [7, 11) is 0. The van der Waals surface area contributed by atoms with Crippen LogP contribution in [0.4, 0.5) is 148 Å². The van der Waals surface area contributed by atoms with Gasteiger partial charge in [-0.05, 0) is 108 Å². The largest absolute Gasteiger partial charge is 0.454 e. The van der Waals surface area contributed by atoms with Gasteiger partial charge in [-0.25, -0.2) is 52.7 Å². The van der Waals surface area contributed by atoms with Gasteiger partial charge in [0.2, 0.25) is 12.3 Å². The lowest BCUT2D eigenvalue weighted by Crippen LogP contribution is -2.64. The van der Waals surface area contributed by atoms with Gasteiger partial charge in [0.25, 0.3) is 12.9 Å². The topological polar surface area (TPSA) is 24.9 Å². The molecule has 0 N–H and O–H groups in total. The minimum absolute atomic E-state index is 0.115. The van der Waals surface area contributed by atoms with Gasteiger partial charge in [0.05, 0.1) is 0 Å². The van der Waals surface area contributed by atoms with Gasteiger partial charge in [-0.2, -0.15) is 61.5 Å². The van der Waals surface area contributed by atoms with Crippen LogP contribution in [0.1, 0.15) is 0 Å². The number of hydrogen-bond donors (Lipinski definition) is 0. The zero-order valence-electron chi connectivity index (χ0n) is 41.5. The molecule has 4 nitrogen and oxygen atoms in total. The van der Waals surface area contributed by atoms with Crippen LogP contribution in [0.5, 0.6) is 11.5 Å². The molecule has 0 amide bonds. The van der Waals surface area contributed by atoms with Crippen LogP contribution in [-0.2, 0) is 0 Å². The van der Waals surface area contributed by atoms with E-state index in [0.717, 1.165) is 24.3 Å². The molecule has 84 heavy (non-hydrogen) atoms. The predicted molar refractivity (Wildman–Crippen MR) is 253 cm³/mol. The van der Waals surface area contributed by atoms with Gasteiger partial charge >= 0.3 is 48.3 Å². The van der Waals surface area contributed by atoms with Crippen molar-refractivity contribution in [2.24, 2.45) is 0 Å². The SMILES string of the molecule is FC(F)C(F)C(F)C(F)C(F)C(F)(F)C(F)(F)C(F)(F)C(F)Oc1ccc(N(c2ccccc2)c2ccc(-c3ccc(N(c4ccccc4)c4ccc(OC(F)C(F)(F)C(F)(F)C(F)(F)C(F)C(F)C(F)C(F)C(F)F)cc4)cc3)cc2)cc1. The van der Waals surface area contributed by atoms with Crippen molar-refractivity contribution in [1.29, 1.82) is 0 Å². The van der Waals surface area contributed by atoms with Crippen molar-refractivity contribution in [3.63, 3.8) is 0 Å². The fourth-order valence-electron chi connectivity index (χ4n) is 7.82. The van der Waals surface area contributed by atoms with Gasteiger partial charge in [-0.1, -0.05) is 60.7 Å². The second-order valence-corrected chi connectivity index (χ2v) is 18.1. The third kappa shape index (κ3) is 13.0. The number of hydrogen-bond acceptors (Lipinski definition) is 4. The van der Waals surface area contributed by atoms with Crippen LogP contribution in [-0.4, -0.2) is 110 Å². The Morgan fingerprint density at radius 2 is 0.500 bits per heavy atom. The van der Waals surface area contributed by atoms with Crippen LogP contribution < -0.4 is 19.3 Å². The van der Waals surface area contributed by atoms with Crippen molar-refractivity contribution in [3.8, 4) is 22.6 Å². The summed E-state index contributed by atoms with van der Waals surface area (Å²) in [5.41, 5.74) is 2.75. The Morgan fingerprint density at radius 3 is 0.750 bits per heavy atom. The molecule has 0 fully saturated rings. The molecule has 10 atom stereocenters. The van der Waals surface area contributed by atoms with E-state index in [1.807, 2.05) is 0 Å². The summed E-state index contributed by atoms with van der Waals surface area (Å²) in [5.74, 6) is -44.2. The highest BCUT2D eigenvalue weighted by atomic mass is 19.4. The number of ether oxygens (including phenoxy) is 2. The minimum atomic E-state index is -7.26. The molecule has 0 saturated carbocycles. The second kappa shape index (κ2) is 25.5. The van der Waals surface area contributed by atoms with E-state index in [4.69, 9.17) is 0 Å². The number of para-hydroxylation sites is 2. The van der Waals surface area contributed by atoms with Crippen molar-refractivity contribution in [3.05, 3.63) is 158 Å². The Kier molecular flexibility index (Phi) is 20.0. The van der Waals surface area contributed by atoms with E-state index in [1.165, 1.54) is 9.80 Å². The van der Waals surface area contributed by atoms with Crippen LogP contribution in [0.2, 0.25) is 0 Å². The van der Waals surface area contributed by atoms with E-state index in [2.05, 4.69) is 9.47 Å². The first-order chi connectivity index (χ1) is 39.0. The average molecular weight is 1240 g/mol. The molecule has 0 spiro atoms. The van der Waals surface area contributed by atoms with Gasteiger partial charge in [0, 0.05) is 34.1 Å². The molecular weight excluding hydrogens is 1200 g/mol. The number of halogens is 26. The van der Waals surface area contributed by atoms with E-state index in [9.17, 15) is 114 Å². The number of alkyl halides is 26. The lowest BCUT2D eigenvalue weighted by atomic mass is 9.94. The van der Waals surface area contributed by atoms with Gasteiger partial charge in [-0.15, -0.1) is 0 Å². The summed E-state index contributed by atoms with van der Waals surface area (Å²) in [6, 6.07) is 35.4. The van der Waals surface area contributed by atoms with E-state index in [1.54, 1.807) is 109 Å². The molecule has 0 aliphatic heterocycles. The monoisotopic (exact) mass is 1240 g/mol. The summed E-state index contributed by atoms with van der Waals surface area (Å²) in [6.45, 7) is 0. The molecule has 6 aromatic rings. The molecule has 6 rings (SSSR count). The molecule has 0 heterocycles. The average Bonchev–Trinajstić information content (AvgIpc) is 1.17. The van der Waals surface area contributed by atoms with Crippen molar-refractivity contribution in [1.82, 2.24) is 0 Å². The maximum atomic E-state index is 14.8. The molecule has 0 radical (unpaired) electrons. The van der Waals surface area contributed by atoms with E-state index in [-0.39, 0.29) is 11.4 Å². The summed E-state index contributed by atoms with van der Waals surface area (Å²) >= 11 is 0. The van der Waals surface area contributed by atoms with Crippen LogP contribution >= 0.6 is 0 Å². The molecule has 30 heteroatoms. The lowest BCUT2D eigenvalue weighted by molar-refractivity contribution is -0.359. The van der Waals surface area contributed by atoms with Crippen molar-refractivity contribution in [2.75, 3.05) is 9.80 Å². The second-order valence-electron chi connectivity index (χ2n) is 18.1. The third-order valence-corrected chi connectivity index (χ3v) is 12.5. The molecule has 0 aliphatic carbocycles. The number of anilines is 6. The molecule has 6 aromatic carbocycles. The molecule has 0 saturated heterocycles. The zero-order valence-corrected chi connectivity index (χ0v) is 41.5. The van der Waals surface area contributed by atoms with Crippen LogP contribution in [0.15, 0.2) is 158 Å². The highest BCUT2D eigenvalue weighted by molar-refractivity contribution is 5.81. The zero-order chi connectivity index (χ0) is 62.7. The van der Waals surface area contributed by atoms with E-state index < -0.39 is 122 Å². The summed E-state index contributed by atoms with van der Waals surface area (Å²) in [5, 5.41) is 0. The highest BCUT2D eigenvalue weighted by Crippen LogP contribution is 2.54. The number of nitrogens with zero attached hydrogens (tertiary/aromatic N) is 2. The predicted octanol–water partition coefficient (Wildman–Crippen LogP) is 18.7. The van der Waals surface area contributed by atoms with Crippen molar-refractivity contribution in [2.45, 2.75) is 110 Å². The smallest absolute Gasteiger partial charge is 0.381 e. The first-order valence-electron chi connectivity index (χ1n) is 23.7. The third-order valence-electron chi connectivity index (χ3n) is 12.5. The highest BCUT2D eigenvalue weighted by Gasteiger charge is 2.81.